The third-order valence-corrected chi connectivity index (χ3v) is 3.05. The van der Waals surface area contributed by atoms with Crippen molar-refractivity contribution < 1.29 is 9.47 Å². The number of hydrogen-bond acceptors (Lipinski definition) is 3. The molecule has 0 saturated heterocycles. The molecule has 0 bridgehead atoms. The van der Waals surface area contributed by atoms with Gasteiger partial charge in [0, 0.05) is 6.04 Å². The average Bonchev–Trinajstić information content (AvgIpc) is 2.24. The zero-order valence-corrected chi connectivity index (χ0v) is 13.8. The van der Waals surface area contributed by atoms with Crippen molar-refractivity contribution in [1.29, 1.82) is 0 Å². The van der Waals surface area contributed by atoms with E-state index in [1.54, 1.807) is 0 Å². The molecule has 2 N–H and O–H groups in total. The normalized spacial score (nSPS) is 13.4. The minimum atomic E-state index is -0.123. The third kappa shape index (κ3) is 6.95. The fraction of sp³-hybridized carbons (Fsp3) is 0.600. The number of hydrogen-bond donors (Lipinski definition) is 1. The zero-order valence-electron chi connectivity index (χ0n) is 12.2. The summed E-state index contributed by atoms with van der Waals surface area (Å²) in [5.74, 6) is 0.839. The van der Waals surface area contributed by atoms with Gasteiger partial charge in [0.25, 0.3) is 0 Å². The van der Waals surface area contributed by atoms with Gasteiger partial charge in [-0.25, -0.2) is 0 Å². The molecule has 3 nitrogen and oxygen atoms in total. The summed E-state index contributed by atoms with van der Waals surface area (Å²) >= 11 is 3.52. The molecule has 0 aliphatic heterocycles. The summed E-state index contributed by atoms with van der Waals surface area (Å²) in [7, 11) is 0. The monoisotopic (exact) mass is 329 g/mol. The predicted octanol–water partition coefficient (Wildman–Crippen LogP) is 3.53. The molecule has 0 aliphatic rings. The average molecular weight is 330 g/mol. The number of nitrogens with two attached hydrogens (primary N) is 1. The zero-order chi connectivity index (χ0) is 14.5. The van der Waals surface area contributed by atoms with E-state index in [0.29, 0.717) is 13.2 Å². The van der Waals surface area contributed by atoms with Gasteiger partial charge in [0.15, 0.2) is 0 Å². The van der Waals surface area contributed by atoms with E-state index in [1.165, 1.54) is 5.56 Å². The van der Waals surface area contributed by atoms with Gasteiger partial charge >= 0.3 is 0 Å². The van der Waals surface area contributed by atoms with Crippen LogP contribution in [0, 0.1) is 0 Å². The fourth-order valence-corrected chi connectivity index (χ4v) is 2.20. The Morgan fingerprint density at radius 3 is 2.47 bits per heavy atom. The van der Waals surface area contributed by atoms with E-state index in [1.807, 2.05) is 39.8 Å². The first kappa shape index (κ1) is 16.5. The molecule has 0 aromatic heterocycles. The van der Waals surface area contributed by atoms with Gasteiger partial charge in [-0.2, -0.15) is 0 Å². The van der Waals surface area contributed by atoms with Crippen molar-refractivity contribution in [2.24, 2.45) is 5.73 Å². The Balaban J connectivity index is 2.46. The van der Waals surface area contributed by atoms with E-state index in [-0.39, 0.29) is 11.6 Å². The highest BCUT2D eigenvalue weighted by molar-refractivity contribution is 9.10. The molecular weight excluding hydrogens is 306 g/mol. The van der Waals surface area contributed by atoms with E-state index < -0.39 is 0 Å². The van der Waals surface area contributed by atoms with E-state index >= 15 is 0 Å². The van der Waals surface area contributed by atoms with Gasteiger partial charge in [-0.1, -0.05) is 6.07 Å². The molecule has 1 aromatic rings. The van der Waals surface area contributed by atoms with Gasteiger partial charge in [0.05, 0.1) is 16.7 Å². The lowest BCUT2D eigenvalue weighted by Crippen LogP contribution is -2.22. The largest absolute Gasteiger partial charge is 0.490 e. The van der Waals surface area contributed by atoms with Crippen LogP contribution in [-0.4, -0.2) is 24.9 Å². The lowest BCUT2D eigenvalue weighted by atomic mass is 10.1. The van der Waals surface area contributed by atoms with Crippen LogP contribution in [-0.2, 0) is 11.2 Å². The summed E-state index contributed by atoms with van der Waals surface area (Å²) < 4.78 is 12.3. The van der Waals surface area contributed by atoms with E-state index in [9.17, 15) is 0 Å². The van der Waals surface area contributed by atoms with Gasteiger partial charge in [0.2, 0.25) is 0 Å². The summed E-state index contributed by atoms with van der Waals surface area (Å²) in [6, 6.07) is 6.25. The summed E-state index contributed by atoms with van der Waals surface area (Å²) in [4.78, 5) is 0. The van der Waals surface area contributed by atoms with Gasteiger partial charge in [0.1, 0.15) is 12.4 Å². The Labute approximate surface area is 124 Å². The maximum Gasteiger partial charge on any atom is 0.133 e. The van der Waals surface area contributed by atoms with Crippen molar-refractivity contribution in [3.05, 3.63) is 28.2 Å². The highest BCUT2D eigenvalue weighted by atomic mass is 79.9. The van der Waals surface area contributed by atoms with Crippen LogP contribution in [0.4, 0.5) is 0 Å². The van der Waals surface area contributed by atoms with E-state index in [4.69, 9.17) is 15.2 Å². The van der Waals surface area contributed by atoms with Crippen molar-refractivity contribution in [2.75, 3.05) is 13.2 Å². The first-order valence-corrected chi connectivity index (χ1v) is 7.38. The Hall–Kier alpha value is -0.580. The molecule has 4 heteroatoms. The van der Waals surface area contributed by atoms with E-state index in [2.05, 4.69) is 22.0 Å². The minimum Gasteiger partial charge on any atom is -0.490 e. The van der Waals surface area contributed by atoms with Crippen molar-refractivity contribution in [1.82, 2.24) is 0 Å². The highest BCUT2D eigenvalue weighted by Gasteiger charge is 2.10. The Morgan fingerprint density at radius 2 is 1.95 bits per heavy atom. The maximum atomic E-state index is 5.79. The second-order valence-corrected chi connectivity index (χ2v) is 6.61. The molecule has 0 spiro atoms. The molecule has 1 atom stereocenters. The summed E-state index contributed by atoms with van der Waals surface area (Å²) in [6.45, 7) is 9.23. The Morgan fingerprint density at radius 1 is 1.26 bits per heavy atom. The molecule has 0 radical (unpaired) electrons. The Bertz CT molecular complexity index is 400. The lowest BCUT2D eigenvalue weighted by Gasteiger charge is -2.19. The quantitative estimate of drug-likeness (QED) is 0.812. The van der Waals surface area contributed by atoms with Gasteiger partial charge in [-0.3, -0.25) is 0 Å². The lowest BCUT2D eigenvalue weighted by molar-refractivity contribution is -0.0163. The fourth-order valence-electron chi connectivity index (χ4n) is 1.66. The highest BCUT2D eigenvalue weighted by Crippen LogP contribution is 2.26. The molecule has 0 aliphatic carbocycles. The summed E-state index contributed by atoms with van der Waals surface area (Å²) in [5.41, 5.74) is 6.87. The van der Waals surface area contributed by atoms with Crippen LogP contribution in [0.25, 0.3) is 0 Å². The number of benzene rings is 1. The molecule has 1 aromatic carbocycles. The molecule has 0 saturated carbocycles. The number of ether oxygens (including phenoxy) is 2. The molecule has 0 amide bonds. The summed E-state index contributed by atoms with van der Waals surface area (Å²) in [6.07, 6.45) is 0.867. The van der Waals surface area contributed by atoms with Crippen LogP contribution in [0.5, 0.6) is 5.75 Å². The van der Waals surface area contributed by atoms with Crippen molar-refractivity contribution >= 4 is 15.9 Å². The molecular formula is C15H24BrNO2. The predicted molar refractivity (Wildman–Crippen MR) is 82.7 cm³/mol. The topological polar surface area (TPSA) is 44.5 Å². The van der Waals surface area contributed by atoms with Crippen molar-refractivity contribution in [3.63, 3.8) is 0 Å². The molecule has 1 rings (SSSR count). The second-order valence-electron chi connectivity index (χ2n) is 5.76. The van der Waals surface area contributed by atoms with Crippen LogP contribution in [0.15, 0.2) is 22.7 Å². The van der Waals surface area contributed by atoms with Crippen molar-refractivity contribution in [3.8, 4) is 5.75 Å². The number of halogens is 1. The standard InChI is InChI=1S/C15H24BrNO2/c1-11(17)9-12-5-6-14(13(16)10-12)18-7-8-19-15(2,3)4/h5-6,10-11H,7-9,17H2,1-4H3. The molecule has 0 heterocycles. The first-order chi connectivity index (χ1) is 8.78. The van der Waals surface area contributed by atoms with Crippen molar-refractivity contribution in [2.45, 2.75) is 45.8 Å². The summed E-state index contributed by atoms with van der Waals surface area (Å²) in [5, 5.41) is 0. The van der Waals surface area contributed by atoms with Gasteiger partial charge < -0.3 is 15.2 Å². The molecule has 0 fully saturated rings. The molecule has 1 unspecified atom stereocenters. The molecule has 108 valence electrons. The second kappa shape index (κ2) is 7.27. The smallest absolute Gasteiger partial charge is 0.133 e. The van der Waals surface area contributed by atoms with Gasteiger partial charge in [-0.05, 0) is 67.7 Å². The van der Waals surface area contributed by atoms with Crippen LogP contribution >= 0.6 is 15.9 Å². The Kier molecular flexibility index (Phi) is 6.30. The van der Waals surface area contributed by atoms with Crippen LogP contribution < -0.4 is 10.5 Å². The minimum absolute atomic E-state index is 0.123. The number of rotatable bonds is 6. The first-order valence-electron chi connectivity index (χ1n) is 6.59. The SMILES string of the molecule is CC(N)Cc1ccc(OCCOC(C)(C)C)c(Br)c1. The van der Waals surface area contributed by atoms with Gasteiger partial charge in [-0.15, -0.1) is 0 Å². The maximum absolute atomic E-state index is 5.79. The molecule has 19 heavy (non-hydrogen) atoms. The third-order valence-electron chi connectivity index (χ3n) is 2.43. The van der Waals surface area contributed by atoms with Crippen LogP contribution in [0.1, 0.15) is 33.3 Å². The van der Waals surface area contributed by atoms with E-state index in [0.717, 1.165) is 16.6 Å². The van der Waals surface area contributed by atoms with Crippen LogP contribution in [0.3, 0.4) is 0 Å². The van der Waals surface area contributed by atoms with Crippen LogP contribution in [0.2, 0.25) is 0 Å².